The fraction of sp³-hybridized carbons (Fsp3) is 1.00. The van der Waals surface area contributed by atoms with Crippen LogP contribution in [0.1, 0.15) is 34.6 Å². The van der Waals surface area contributed by atoms with Crippen molar-refractivity contribution in [3.05, 3.63) is 0 Å². The quantitative estimate of drug-likeness (QED) is 0.558. The number of hydrogen-bond donors (Lipinski definition) is 1. The molecule has 0 rings (SSSR count). The molecule has 0 aromatic carbocycles. The second-order valence-corrected chi connectivity index (χ2v) is 9.61. The van der Waals surface area contributed by atoms with Crippen molar-refractivity contribution in [2.24, 2.45) is 0 Å². The fourth-order valence-corrected chi connectivity index (χ4v) is 4.43. The van der Waals surface area contributed by atoms with Gasteiger partial charge >= 0.3 is 95.9 Å². The van der Waals surface area contributed by atoms with Gasteiger partial charge in [0.15, 0.2) is 0 Å². The summed E-state index contributed by atoms with van der Waals surface area (Å²) in [5.41, 5.74) is 0. The topological polar surface area (TPSA) is 18.5 Å². The van der Waals surface area contributed by atoms with Gasteiger partial charge in [-0.15, -0.1) is 0 Å². The Kier molecular flexibility index (Phi) is 7.03. The van der Waals surface area contributed by atoms with Gasteiger partial charge in [0.2, 0.25) is 0 Å². The van der Waals surface area contributed by atoms with Crippen LogP contribution in [0, 0.1) is 0 Å². The second kappa shape index (κ2) is 6.82. The van der Waals surface area contributed by atoms with Gasteiger partial charge in [-0.05, 0) is 0 Å². The van der Waals surface area contributed by atoms with E-state index in [2.05, 4.69) is 61.7 Å². The predicted octanol–water partition coefficient (Wildman–Crippen LogP) is 0.601. The molecule has 0 aliphatic rings. The molecule has 0 aromatic rings. The van der Waals surface area contributed by atoms with Crippen LogP contribution in [-0.4, -0.2) is 55.9 Å². The first-order chi connectivity index (χ1) is 6.34. The zero-order valence-corrected chi connectivity index (χ0v) is 13.8. The first-order valence-corrected chi connectivity index (χ1v) is 8.16. The monoisotopic (exact) mass is 263 g/mol. The molecule has 0 bridgehead atoms. The first-order valence-electron chi connectivity index (χ1n) is 5.51. The molecule has 14 heavy (non-hydrogen) atoms. The van der Waals surface area contributed by atoms with Crippen LogP contribution in [0.25, 0.3) is 0 Å². The average molecular weight is 262 g/mol. The Hall–Kier alpha value is 0.423. The van der Waals surface area contributed by atoms with Crippen LogP contribution >= 0.6 is 0 Å². The van der Waals surface area contributed by atoms with Crippen molar-refractivity contribution in [2.75, 3.05) is 14.1 Å². The number of nitrogens with one attached hydrogen (secondary N) is 1. The third-order valence-corrected chi connectivity index (χ3v) is 6.73. The van der Waals surface area contributed by atoms with E-state index < -0.39 is 15.9 Å². The molecule has 0 heterocycles. The Bertz CT molecular complexity index is 148. The van der Waals surface area contributed by atoms with Crippen LogP contribution in [0.3, 0.4) is 0 Å². The molecule has 0 fully saturated rings. The molecule has 1 atom stereocenters. The molecule has 0 amide bonds. The minimum absolute atomic E-state index is 0.511. The molecule has 0 aliphatic heterocycles. The van der Waals surface area contributed by atoms with Crippen molar-refractivity contribution in [2.45, 2.75) is 52.9 Å². The maximum absolute atomic E-state index is 3.58. The van der Waals surface area contributed by atoms with Crippen LogP contribution in [0.15, 0.2) is 0 Å². The maximum atomic E-state index is 3.58. The molecule has 0 aliphatic carbocycles. The van der Waals surface area contributed by atoms with Gasteiger partial charge in [-0.2, -0.15) is 0 Å². The number of hydrogen-bond acceptors (Lipinski definition) is 3. The second-order valence-electron chi connectivity index (χ2n) is 4.83. The number of nitrogens with zero attached hydrogens (tertiary/aromatic N) is 2. The van der Waals surface area contributed by atoms with E-state index in [4.69, 9.17) is 0 Å². The molecular weight excluding hydrogens is 235 g/mol. The van der Waals surface area contributed by atoms with Crippen molar-refractivity contribution in [3.8, 4) is 0 Å². The van der Waals surface area contributed by atoms with E-state index in [0.29, 0.717) is 18.2 Å². The molecule has 4 heteroatoms. The Morgan fingerprint density at radius 3 is 1.79 bits per heavy atom. The summed E-state index contributed by atoms with van der Waals surface area (Å²) < 4.78 is 5.03. The third kappa shape index (κ3) is 6.01. The summed E-state index contributed by atoms with van der Waals surface area (Å²) in [6.07, 6.45) is 0.511. The summed E-state index contributed by atoms with van der Waals surface area (Å²) >= 11 is -0.719. The van der Waals surface area contributed by atoms with Gasteiger partial charge in [-0.1, -0.05) is 0 Å². The van der Waals surface area contributed by atoms with E-state index in [9.17, 15) is 0 Å². The zero-order chi connectivity index (χ0) is 11.3. The van der Waals surface area contributed by atoms with E-state index in [1.807, 2.05) is 0 Å². The molecule has 0 radical (unpaired) electrons. The first kappa shape index (κ1) is 14.4. The molecule has 86 valence electrons. The summed E-state index contributed by atoms with van der Waals surface area (Å²) in [6, 6.07) is 1.22. The van der Waals surface area contributed by atoms with Gasteiger partial charge in [0.1, 0.15) is 0 Å². The normalized spacial score (nSPS) is 15.6. The van der Waals surface area contributed by atoms with Gasteiger partial charge in [-0.3, -0.25) is 0 Å². The van der Waals surface area contributed by atoms with Crippen LogP contribution in [0.2, 0.25) is 0 Å². The summed E-state index contributed by atoms with van der Waals surface area (Å²) in [6.45, 7) is 11.3. The van der Waals surface area contributed by atoms with E-state index in [-0.39, 0.29) is 0 Å². The van der Waals surface area contributed by atoms with Crippen molar-refractivity contribution in [3.63, 3.8) is 0 Å². The fourth-order valence-electron chi connectivity index (χ4n) is 1.64. The van der Waals surface area contributed by atoms with Gasteiger partial charge in [0.25, 0.3) is 0 Å². The SMILES string of the molecule is CC(C)NC(C)[N]([GeH2][N](C)C)C(C)C. The molecule has 1 unspecified atom stereocenters. The van der Waals surface area contributed by atoms with Crippen molar-refractivity contribution in [1.82, 2.24) is 13.0 Å². The Morgan fingerprint density at radius 2 is 1.50 bits per heavy atom. The average Bonchev–Trinajstić information content (AvgIpc) is 1.97. The summed E-state index contributed by atoms with van der Waals surface area (Å²) in [7, 11) is 4.38. The van der Waals surface area contributed by atoms with Crippen molar-refractivity contribution >= 4 is 15.9 Å². The van der Waals surface area contributed by atoms with Crippen molar-refractivity contribution in [1.29, 1.82) is 0 Å². The van der Waals surface area contributed by atoms with E-state index >= 15 is 0 Å². The van der Waals surface area contributed by atoms with E-state index in [1.54, 1.807) is 0 Å². The Labute approximate surface area is 96.1 Å². The molecular formula is C10H27GeN3. The standard InChI is InChI=1S/C10H27GeN3/c1-8(2)12-10(5)14(9(3)4)11-13(6)7/h8-10,12H,11H2,1-7H3. The summed E-state index contributed by atoms with van der Waals surface area (Å²) in [4.78, 5) is 0. The Balaban J connectivity index is 4.18. The summed E-state index contributed by atoms with van der Waals surface area (Å²) in [5.74, 6) is 0. The minimum atomic E-state index is -0.719. The molecule has 0 saturated heterocycles. The Morgan fingerprint density at radius 1 is 1.00 bits per heavy atom. The molecule has 0 saturated carbocycles. The predicted molar refractivity (Wildman–Crippen MR) is 66.9 cm³/mol. The van der Waals surface area contributed by atoms with Gasteiger partial charge in [0.05, 0.1) is 0 Å². The van der Waals surface area contributed by atoms with Crippen LogP contribution in [-0.2, 0) is 0 Å². The van der Waals surface area contributed by atoms with E-state index in [0.717, 1.165) is 0 Å². The molecule has 0 aromatic heterocycles. The third-order valence-electron chi connectivity index (χ3n) is 2.18. The molecule has 0 spiro atoms. The van der Waals surface area contributed by atoms with Gasteiger partial charge in [-0.25, -0.2) is 0 Å². The number of rotatable bonds is 6. The summed E-state index contributed by atoms with van der Waals surface area (Å²) in [5, 5.41) is 3.58. The van der Waals surface area contributed by atoms with Crippen molar-refractivity contribution < 1.29 is 0 Å². The molecule has 1 N–H and O–H groups in total. The van der Waals surface area contributed by atoms with Crippen LogP contribution < -0.4 is 5.32 Å². The van der Waals surface area contributed by atoms with E-state index in [1.165, 1.54) is 0 Å². The van der Waals surface area contributed by atoms with Crippen LogP contribution in [0.4, 0.5) is 0 Å². The molecule has 3 nitrogen and oxygen atoms in total. The van der Waals surface area contributed by atoms with Gasteiger partial charge in [0, 0.05) is 0 Å². The van der Waals surface area contributed by atoms with Crippen LogP contribution in [0.5, 0.6) is 0 Å². The zero-order valence-electron chi connectivity index (χ0n) is 10.8. The van der Waals surface area contributed by atoms with Gasteiger partial charge < -0.3 is 0 Å².